The molecule has 1 saturated heterocycles. The Labute approximate surface area is 180 Å². The summed E-state index contributed by atoms with van der Waals surface area (Å²) in [5.74, 6) is -0.278. The van der Waals surface area contributed by atoms with Crippen LogP contribution in [0.2, 0.25) is 0 Å². The van der Waals surface area contributed by atoms with Gasteiger partial charge in [-0.3, -0.25) is 4.90 Å². The van der Waals surface area contributed by atoms with Gasteiger partial charge in [-0.2, -0.15) is 13.2 Å². The van der Waals surface area contributed by atoms with Gasteiger partial charge in [-0.1, -0.05) is 0 Å². The first-order valence-electron chi connectivity index (χ1n) is 9.93. The quantitative estimate of drug-likeness (QED) is 0.581. The minimum Gasteiger partial charge on any atom is -0.458 e. The maximum Gasteiger partial charge on any atom is 0.419 e. The highest BCUT2D eigenvalue weighted by molar-refractivity contribution is 5.59. The second kappa shape index (κ2) is 8.83. The molecule has 0 aliphatic carbocycles. The highest BCUT2D eigenvalue weighted by Crippen LogP contribution is 2.34. The third-order valence-corrected chi connectivity index (χ3v) is 5.45. The van der Waals surface area contributed by atoms with Gasteiger partial charge in [0.05, 0.1) is 11.8 Å². The highest BCUT2D eigenvalue weighted by Gasteiger charge is 2.36. The molecular weight excluding hydrogens is 432 g/mol. The van der Waals surface area contributed by atoms with Crippen molar-refractivity contribution >= 4 is 0 Å². The number of rotatable bonds is 5. The van der Waals surface area contributed by atoms with E-state index in [-0.39, 0.29) is 23.5 Å². The molecule has 0 amide bonds. The zero-order valence-electron chi connectivity index (χ0n) is 17.0. The number of halogens is 4. The third-order valence-electron chi connectivity index (χ3n) is 5.45. The molecule has 1 aromatic carbocycles. The maximum absolute atomic E-state index is 14.0. The number of aliphatic hydroxyl groups excluding tert-OH is 1. The van der Waals surface area contributed by atoms with E-state index in [4.69, 9.17) is 9.15 Å². The molecule has 4 rings (SSSR count). The molecule has 2 aromatic heterocycles. The molecule has 3 heterocycles. The Kier molecular flexibility index (Phi) is 6.11. The number of aliphatic hydroxyl groups is 1. The van der Waals surface area contributed by atoms with E-state index in [0.717, 1.165) is 0 Å². The fourth-order valence-electron chi connectivity index (χ4n) is 3.77. The second-order valence-electron chi connectivity index (χ2n) is 7.47. The van der Waals surface area contributed by atoms with Gasteiger partial charge in [-0.05, 0) is 38.0 Å². The fraction of sp³-hybridized carbons (Fsp3) is 0.381. The van der Waals surface area contributed by atoms with Crippen LogP contribution in [0.25, 0.3) is 11.5 Å². The fourth-order valence-corrected chi connectivity index (χ4v) is 3.77. The Balaban J connectivity index is 1.54. The van der Waals surface area contributed by atoms with E-state index in [9.17, 15) is 22.7 Å². The zero-order chi connectivity index (χ0) is 22.9. The van der Waals surface area contributed by atoms with E-state index in [0.29, 0.717) is 37.3 Å². The van der Waals surface area contributed by atoms with Gasteiger partial charge < -0.3 is 14.3 Å². The standard InChI is InChI=1S/C21H20F4N4O3/c1-12-17(32-20-27-10-13(11-28-20)21(23,24)25)3-2-7-29(12)19(30)16-9-14(22)4-5-15(16)18-26-6-8-31-18/h4-6,8-12,17,19,30H,2-3,7H2,1H3. The molecular formula is C21H20F4N4O3. The van der Waals surface area contributed by atoms with Crippen molar-refractivity contribution in [2.75, 3.05) is 6.54 Å². The van der Waals surface area contributed by atoms with Crippen molar-refractivity contribution < 1.29 is 31.8 Å². The molecule has 1 fully saturated rings. The second-order valence-corrected chi connectivity index (χ2v) is 7.47. The molecule has 1 aliphatic rings. The van der Waals surface area contributed by atoms with Crippen molar-refractivity contribution in [2.45, 2.75) is 44.3 Å². The van der Waals surface area contributed by atoms with Crippen molar-refractivity contribution in [3.8, 4) is 17.5 Å². The van der Waals surface area contributed by atoms with E-state index >= 15 is 0 Å². The van der Waals surface area contributed by atoms with Gasteiger partial charge in [0.15, 0.2) is 0 Å². The molecule has 170 valence electrons. The van der Waals surface area contributed by atoms with Crippen LogP contribution in [0.5, 0.6) is 6.01 Å². The number of nitrogens with zero attached hydrogens (tertiary/aromatic N) is 4. The molecule has 3 aromatic rings. The van der Waals surface area contributed by atoms with Gasteiger partial charge in [0.25, 0.3) is 0 Å². The highest BCUT2D eigenvalue weighted by atomic mass is 19.4. The minimum atomic E-state index is -4.54. The van der Waals surface area contributed by atoms with E-state index in [1.165, 1.54) is 30.7 Å². The van der Waals surface area contributed by atoms with Crippen LogP contribution in [0, 0.1) is 5.82 Å². The summed E-state index contributed by atoms with van der Waals surface area (Å²) in [5.41, 5.74) is -0.236. The topological polar surface area (TPSA) is 84.5 Å². The molecule has 0 spiro atoms. The molecule has 0 bridgehead atoms. The van der Waals surface area contributed by atoms with Gasteiger partial charge in [-0.15, -0.1) is 0 Å². The normalized spacial score (nSPS) is 20.8. The van der Waals surface area contributed by atoms with E-state index in [1.54, 1.807) is 11.8 Å². The number of ether oxygens (including phenoxy) is 1. The van der Waals surface area contributed by atoms with Gasteiger partial charge in [0.1, 0.15) is 24.4 Å². The van der Waals surface area contributed by atoms with Crippen LogP contribution >= 0.6 is 0 Å². The molecule has 11 heteroatoms. The van der Waals surface area contributed by atoms with Crippen molar-refractivity contribution in [2.24, 2.45) is 0 Å². The van der Waals surface area contributed by atoms with Crippen molar-refractivity contribution in [3.05, 3.63) is 60.0 Å². The molecule has 1 aliphatic heterocycles. The molecule has 0 saturated carbocycles. The molecule has 3 atom stereocenters. The largest absolute Gasteiger partial charge is 0.458 e. The van der Waals surface area contributed by atoms with Crippen molar-refractivity contribution in [1.82, 2.24) is 19.9 Å². The summed E-state index contributed by atoms with van der Waals surface area (Å²) in [6.07, 6.45) is -0.838. The number of hydrogen-bond donors (Lipinski definition) is 1. The lowest BCUT2D eigenvalue weighted by atomic mass is 9.97. The van der Waals surface area contributed by atoms with Crippen LogP contribution in [0.1, 0.15) is 37.1 Å². The Morgan fingerprint density at radius 2 is 1.97 bits per heavy atom. The Bertz CT molecular complexity index is 1040. The number of oxazole rings is 1. The van der Waals surface area contributed by atoms with Crippen LogP contribution in [-0.2, 0) is 6.18 Å². The van der Waals surface area contributed by atoms with Gasteiger partial charge in [0.2, 0.25) is 5.89 Å². The van der Waals surface area contributed by atoms with Gasteiger partial charge >= 0.3 is 12.2 Å². The average Bonchev–Trinajstić information content (AvgIpc) is 3.29. The number of hydrogen-bond acceptors (Lipinski definition) is 7. The smallest absolute Gasteiger partial charge is 0.419 e. The Morgan fingerprint density at radius 1 is 1.22 bits per heavy atom. The number of likely N-dealkylation sites (tertiary alicyclic amines) is 1. The average molecular weight is 452 g/mol. The van der Waals surface area contributed by atoms with E-state index in [1.807, 2.05) is 0 Å². The predicted molar refractivity (Wildman–Crippen MR) is 104 cm³/mol. The zero-order valence-corrected chi connectivity index (χ0v) is 17.0. The predicted octanol–water partition coefficient (Wildman–Crippen LogP) is 4.21. The Morgan fingerprint density at radius 3 is 2.62 bits per heavy atom. The molecule has 1 N–H and O–H groups in total. The maximum atomic E-state index is 14.0. The summed E-state index contributed by atoms with van der Waals surface area (Å²) in [6, 6.07) is 3.41. The number of piperidine rings is 1. The van der Waals surface area contributed by atoms with Crippen LogP contribution in [-0.4, -0.2) is 43.6 Å². The summed E-state index contributed by atoms with van der Waals surface area (Å²) in [7, 11) is 0. The lowest BCUT2D eigenvalue weighted by Gasteiger charge is -2.41. The lowest BCUT2D eigenvalue weighted by Crippen LogP contribution is -2.50. The van der Waals surface area contributed by atoms with Gasteiger partial charge in [-0.25, -0.2) is 19.3 Å². The summed E-state index contributed by atoms with van der Waals surface area (Å²) in [5, 5.41) is 11.1. The first kappa shape index (κ1) is 22.2. The summed E-state index contributed by atoms with van der Waals surface area (Å²) >= 11 is 0. The van der Waals surface area contributed by atoms with Crippen LogP contribution in [0.15, 0.2) is 47.5 Å². The van der Waals surface area contributed by atoms with Gasteiger partial charge in [0, 0.05) is 36.1 Å². The molecule has 7 nitrogen and oxygen atoms in total. The van der Waals surface area contributed by atoms with Crippen LogP contribution < -0.4 is 4.74 Å². The van der Waals surface area contributed by atoms with Crippen LogP contribution in [0.3, 0.4) is 0 Å². The van der Waals surface area contributed by atoms with Crippen LogP contribution in [0.4, 0.5) is 17.6 Å². The molecule has 32 heavy (non-hydrogen) atoms. The summed E-state index contributed by atoms with van der Waals surface area (Å²) in [6.45, 7) is 2.30. The molecule has 0 radical (unpaired) electrons. The number of aromatic nitrogens is 3. The Hall–Kier alpha value is -3.05. The van der Waals surface area contributed by atoms with Crippen molar-refractivity contribution in [3.63, 3.8) is 0 Å². The SMILES string of the molecule is CC1C(Oc2ncc(C(F)(F)F)cn2)CCCN1C(O)c1cc(F)ccc1-c1ncco1. The lowest BCUT2D eigenvalue weighted by molar-refractivity contribution is -0.138. The summed E-state index contributed by atoms with van der Waals surface area (Å²) in [4.78, 5) is 13.1. The monoisotopic (exact) mass is 452 g/mol. The number of benzene rings is 1. The minimum absolute atomic E-state index is 0.183. The number of alkyl halides is 3. The third kappa shape index (κ3) is 4.58. The van der Waals surface area contributed by atoms with E-state index in [2.05, 4.69) is 15.0 Å². The first-order chi connectivity index (χ1) is 15.2. The first-order valence-corrected chi connectivity index (χ1v) is 9.93. The van der Waals surface area contributed by atoms with E-state index < -0.39 is 29.9 Å². The summed E-state index contributed by atoms with van der Waals surface area (Å²) < 4.78 is 63.2. The van der Waals surface area contributed by atoms with Crippen molar-refractivity contribution in [1.29, 1.82) is 0 Å². The molecule has 3 unspecified atom stereocenters.